The maximum absolute atomic E-state index is 12.6. The van der Waals surface area contributed by atoms with Crippen LogP contribution in [-0.2, 0) is 11.3 Å². The molecule has 2 aromatic rings. The maximum atomic E-state index is 12.6. The Kier molecular flexibility index (Phi) is 6.01. The molecular formula is C20H26N4O. The molecule has 5 nitrogen and oxygen atoms in total. The van der Waals surface area contributed by atoms with E-state index >= 15 is 0 Å². The Morgan fingerprint density at radius 3 is 2.76 bits per heavy atom. The van der Waals surface area contributed by atoms with E-state index in [0.717, 1.165) is 30.5 Å². The lowest BCUT2D eigenvalue weighted by Gasteiger charge is -2.26. The van der Waals surface area contributed by atoms with Gasteiger partial charge in [0, 0.05) is 30.7 Å². The van der Waals surface area contributed by atoms with Gasteiger partial charge in [-0.2, -0.15) is 0 Å². The van der Waals surface area contributed by atoms with Crippen molar-refractivity contribution < 1.29 is 4.79 Å². The molecule has 0 aliphatic heterocycles. The van der Waals surface area contributed by atoms with Crippen LogP contribution in [-0.4, -0.2) is 30.0 Å². The standard InChI is InChI=1S/C20H26N4O/c21-12-17-7-4-10-19(17)23-20(25)15-24(18-8-2-1-3-9-18)14-16-6-5-11-22-13-16/h1-3,5-6,8-9,11,13,17,19H,4,7,10,12,14-15,21H2,(H,23,25). The normalized spacial score (nSPS) is 19.6. The minimum absolute atomic E-state index is 0.0538. The molecule has 5 heteroatoms. The zero-order chi connectivity index (χ0) is 17.5. The van der Waals surface area contributed by atoms with E-state index in [2.05, 4.69) is 15.2 Å². The number of nitrogens with zero attached hydrogens (tertiary/aromatic N) is 2. The second-order valence-corrected chi connectivity index (χ2v) is 6.65. The molecule has 0 spiro atoms. The molecule has 0 saturated heterocycles. The number of para-hydroxylation sites is 1. The highest BCUT2D eigenvalue weighted by molar-refractivity contribution is 5.81. The molecule has 2 atom stereocenters. The van der Waals surface area contributed by atoms with Gasteiger partial charge in [-0.3, -0.25) is 9.78 Å². The van der Waals surface area contributed by atoms with Gasteiger partial charge in [-0.1, -0.05) is 30.7 Å². The Balaban J connectivity index is 1.68. The summed E-state index contributed by atoms with van der Waals surface area (Å²) in [5.74, 6) is 0.463. The number of carbonyl (C=O) groups is 1. The third-order valence-electron chi connectivity index (χ3n) is 4.86. The van der Waals surface area contributed by atoms with Crippen LogP contribution >= 0.6 is 0 Å². The van der Waals surface area contributed by atoms with Gasteiger partial charge in [-0.15, -0.1) is 0 Å². The number of amides is 1. The van der Waals surface area contributed by atoms with Crippen molar-refractivity contribution in [2.45, 2.75) is 31.8 Å². The van der Waals surface area contributed by atoms with Crippen molar-refractivity contribution in [1.29, 1.82) is 0 Å². The van der Waals surface area contributed by atoms with E-state index in [1.54, 1.807) is 6.20 Å². The minimum Gasteiger partial charge on any atom is -0.358 e. The number of rotatable bonds is 7. The molecule has 1 heterocycles. The lowest BCUT2D eigenvalue weighted by Crippen LogP contribution is -2.44. The SMILES string of the molecule is NCC1CCCC1NC(=O)CN(Cc1cccnc1)c1ccccc1. The van der Waals surface area contributed by atoms with E-state index in [1.165, 1.54) is 0 Å². The highest BCUT2D eigenvalue weighted by Gasteiger charge is 2.27. The Bertz CT molecular complexity index is 662. The lowest BCUT2D eigenvalue weighted by molar-refractivity contribution is -0.120. The number of nitrogens with one attached hydrogen (secondary N) is 1. The Morgan fingerprint density at radius 1 is 1.20 bits per heavy atom. The van der Waals surface area contributed by atoms with Crippen LogP contribution in [0.5, 0.6) is 0 Å². The molecule has 1 amide bonds. The van der Waals surface area contributed by atoms with Crippen LogP contribution in [0.1, 0.15) is 24.8 Å². The summed E-state index contributed by atoms with van der Waals surface area (Å²) >= 11 is 0. The van der Waals surface area contributed by atoms with Gasteiger partial charge in [0.2, 0.25) is 5.91 Å². The van der Waals surface area contributed by atoms with Crippen molar-refractivity contribution in [3.05, 3.63) is 60.4 Å². The zero-order valence-electron chi connectivity index (χ0n) is 14.5. The summed E-state index contributed by atoms with van der Waals surface area (Å²) in [5.41, 5.74) is 7.94. The van der Waals surface area contributed by atoms with E-state index in [1.807, 2.05) is 48.7 Å². The van der Waals surface area contributed by atoms with Crippen molar-refractivity contribution >= 4 is 11.6 Å². The summed E-state index contributed by atoms with van der Waals surface area (Å²) in [6, 6.07) is 14.2. The van der Waals surface area contributed by atoms with Crippen LogP contribution in [0.3, 0.4) is 0 Å². The number of benzene rings is 1. The maximum Gasteiger partial charge on any atom is 0.239 e. The van der Waals surface area contributed by atoms with E-state index in [4.69, 9.17) is 5.73 Å². The minimum atomic E-state index is 0.0538. The molecule has 1 fully saturated rings. The highest BCUT2D eigenvalue weighted by Crippen LogP contribution is 2.24. The summed E-state index contributed by atoms with van der Waals surface area (Å²) in [7, 11) is 0. The smallest absolute Gasteiger partial charge is 0.239 e. The van der Waals surface area contributed by atoms with Gasteiger partial charge in [0.15, 0.2) is 0 Å². The van der Waals surface area contributed by atoms with Gasteiger partial charge in [-0.05, 0) is 49.1 Å². The second-order valence-electron chi connectivity index (χ2n) is 6.65. The number of anilines is 1. The van der Waals surface area contributed by atoms with E-state index in [-0.39, 0.29) is 11.9 Å². The molecule has 25 heavy (non-hydrogen) atoms. The predicted octanol–water partition coefficient (Wildman–Crippen LogP) is 2.33. The first-order valence-electron chi connectivity index (χ1n) is 8.94. The monoisotopic (exact) mass is 338 g/mol. The number of nitrogens with two attached hydrogens (primary N) is 1. The molecular weight excluding hydrogens is 312 g/mol. The van der Waals surface area contributed by atoms with Gasteiger partial charge in [-0.25, -0.2) is 0 Å². The fourth-order valence-corrected chi connectivity index (χ4v) is 3.52. The third-order valence-corrected chi connectivity index (χ3v) is 4.86. The van der Waals surface area contributed by atoms with E-state index < -0.39 is 0 Å². The Hall–Kier alpha value is -2.40. The van der Waals surface area contributed by atoms with E-state index in [0.29, 0.717) is 25.6 Å². The summed E-state index contributed by atoms with van der Waals surface area (Å²) in [5, 5.41) is 3.19. The molecule has 1 aliphatic rings. The van der Waals surface area contributed by atoms with Gasteiger partial charge in [0.25, 0.3) is 0 Å². The molecule has 1 aliphatic carbocycles. The molecule has 3 rings (SSSR count). The van der Waals surface area contributed by atoms with Crippen LogP contribution in [0.4, 0.5) is 5.69 Å². The van der Waals surface area contributed by atoms with Crippen LogP contribution < -0.4 is 16.0 Å². The van der Waals surface area contributed by atoms with Crippen molar-refractivity contribution in [1.82, 2.24) is 10.3 Å². The first kappa shape index (κ1) is 17.4. The average molecular weight is 338 g/mol. The number of carbonyl (C=O) groups excluding carboxylic acids is 1. The fourth-order valence-electron chi connectivity index (χ4n) is 3.52. The molecule has 0 radical (unpaired) electrons. The van der Waals surface area contributed by atoms with Crippen LogP contribution in [0.25, 0.3) is 0 Å². The first-order chi connectivity index (χ1) is 12.3. The van der Waals surface area contributed by atoms with Gasteiger partial charge < -0.3 is 16.0 Å². The topological polar surface area (TPSA) is 71.2 Å². The average Bonchev–Trinajstić information content (AvgIpc) is 3.10. The molecule has 132 valence electrons. The van der Waals surface area contributed by atoms with Gasteiger partial charge in [0.1, 0.15) is 0 Å². The summed E-state index contributed by atoms with van der Waals surface area (Å²) in [6.07, 6.45) is 6.89. The van der Waals surface area contributed by atoms with Crippen molar-refractivity contribution in [3.8, 4) is 0 Å². The van der Waals surface area contributed by atoms with Gasteiger partial charge >= 0.3 is 0 Å². The summed E-state index contributed by atoms with van der Waals surface area (Å²) in [4.78, 5) is 18.9. The molecule has 0 bridgehead atoms. The molecule has 2 unspecified atom stereocenters. The van der Waals surface area contributed by atoms with Crippen LogP contribution in [0.15, 0.2) is 54.9 Å². The molecule has 1 aromatic carbocycles. The van der Waals surface area contributed by atoms with E-state index in [9.17, 15) is 4.79 Å². The Labute approximate surface area is 149 Å². The van der Waals surface area contributed by atoms with Crippen molar-refractivity contribution in [2.75, 3.05) is 18.0 Å². The van der Waals surface area contributed by atoms with Crippen molar-refractivity contribution in [3.63, 3.8) is 0 Å². The zero-order valence-corrected chi connectivity index (χ0v) is 14.5. The largest absolute Gasteiger partial charge is 0.358 e. The highest BCUT2D eigenvalue weighted by atomic mass is 16.2. The quantitative estimate of drug-likeness (QED) is 0.813. The fraction of sp³-hybridized carbons (Fsp3) is 0.400. The van der Waals surface area contributed by atoms with Crippen LogP contribution in [0.2, 0.25) is 0 Å². The lowest BCUT2D eigenvalue weighted by atomic mass is 10.0. The molecule has 3 N–H and O–H groups in total. The number of pyridine rings is 1. The second kappa shape index (κ2) is 8.62. The predicted molar refractivity (Wildman–Crippen MR) is 100 cm³/mol. The van der Waals surface area contributed by atoms with Crippen molar-refractivity contribution in [2.24, 2.45) is 11.7 Å². The first-order valence-corrected chi connectivity index (χ1v) is 8.94. The molecule has 1 saturated carbocycles. The Morgan fingerprint density at radius 2 is 2.04 bits per heavy atom. The van der Waals surface area contributed by atoms with Crippen LogP contribution in [0, 0.1) is 5.92 Å². The summed E-state index contributed by atoms with van der Waals surface area (Å²) < 4.78 is 0. The number of hydrogen-bond acceptors (Lipinski definition) is 4. The number of hydrogen-bond donors (Lipinski definition) is 2. The number of aromatic nitrogens is 1. The summed E-state index contributed by atoms with van der Waals surface area (Å²) in [6.45, 7) is 1.62. The van der Waals surface area contributed by atoms with Gasteiger partial charge in [0.05, 0.1) is 6.54 Å². The third kappa shape index (κ3) is 4.79. The molecule has 1 aromatic heterocycles.